The number of hydrogen-bond donors (Lipinski definition) is 0. The molecule has 0 unspecified atom stereocenters. The summed E-state index contributed by atoms with van der Waals surface area (Å²) in [4.78, 5) is 5.42. The molecule has 0 amide bonds. The third-order valence-electron chi connectivity index (χ3n) is 12.2. The average Bonchev–Trinajstić information content (AvgIpc) is 3.81. The second kappa shape index (κ2) is 13.7. The Kier molecular flexibility index (Phi) is 10.5. The SMILES string of the molecule is CC(C)=C[CH]=[Ru]([Cl])([Cl])(=[C]1N(c2c(C)cc(C)cc2C)CCN1c1c(C)cc(C)cc1C)[PH](C1CCCC1)(C1CCCC1)C1CCCC1. The van der Waals surface area contributed by atoms with E-state index in [1.54, 1.807) is 0 Å². The van der Waals surface area contributed by atoms with Crippen molar-refractivity contribution in [1.82, 2.24) is 0 Å². The second-order valence-electron chi connectivity index (χ2n) is 15.9. The van der Waals surface area contributed by atoms with Crippen molar-refractivity contribution in [2.75, 3.05) is 22.9 Å². The summed E-state index contributed by atoms with van der Waals surface area (Å²) in [5.74, 6) is 0. The second-order valence-corrected chi connectivity index (χ2v) is 44.0. The molecule has 1 heterocycles. The Labute approximate surface area is 295 Å². The average molecular weight is 786 g/mol. The first-order valence-electron chi connectivity index (χ1n) is 18.6. The van der Waals surface area contributed by atoms with Crippen LogP contribution in [-0.4, -0.2) is 39.0 Å². The fraction of sp³-hybridized carbons (Fsp3) is 0.610. The van der Waals surface area contributed by atoms with Gasteiger partial charge in [0.15, 0.2) is 0 Å². The Hall–Kier alpha value is -0.847. The number of benzene rings is 2. The van der Waals surface area contributed by atoms with Crippen LogP contribution >= 0.6 is 25.0 Å². The molecule has 4 aliphatic rings. The molecule has 6 rings (SSSR count). The Bertz CT molecular complexity index is 1540. The van der Waals surface area contributed by atoms with E-state index in [2.05, 4.69) is 100 Å². The van der Waals surface area contributed by atoms with E-state index in [1.807, 2.05) is 0 Å². The van der Waals surface area contributed by atoms with Crippen LogP contribution in [0.5, 0.6) is 0 Å². The number of anilines is 2. The molecule has 0 aromatic heterocycles. The van der Waals surface area contributed by atoms with Crippen molar-refractivity contribution in [3.8, 4) is 0 Å². The first-order valence-corrected chi connectivity index (χ1v) is 29.6. The minimum absolute atomic E-state index is 0.716. The van der Waals surface area contributed by atoms with Gasteiger partial charge in [0.1, 0.15) is 0 Å². The molecule has 3 saturated carbocycles. The molecule has 0 N–H and O–H groups in total. The fourth-order valence-electron chi connectivity index (χ4n) is 10.9. The summed E-state index contributed by atoms with van der Waals surface area (Å²) in [7, 11) is 13.8. The number of aryl methyl sites for hydroxylation is 6. The summed E-state index contributed by atoms with van der Waals surface area (Å²) >= 11 is 0. The van der Waals surface area contributed by atoms with Crippen molar-refractivity contribution in [3.63, 3.8) is 0 Å². The zero-order valence-electron chi connectivity index (χ0n) is 30.6. The van der Waals surface area contributed by atoms with E-state index in [9.17, 15) is 19.4 Å². The summed E-state index contributed by atoms with van der Waals surface area (Å²) in [5, 5.41) is 0. The zero-order chi connectivity index (χ0) is 33.7. The van der Waals surface area contributed by atoms with Crippen LogP contribution in [0.25, 0.3) is 0 Å². The standard InChI is InChI=1S/C21H26N2.C15H27P.C5H8.2ClH.Ru/c1-14-9-16(3)20(17(4)10-14)22-7-8-23(13-22)21-18(5)11-15(2)12-19(21)6;1-2-8-13(7-1)16(14-9-3-4-10-14)15-11-5-6-12-15;1-4-5(2)3;;;/h9-12H,7-8H2,1-6H3;13-15H,1-12H2;1,4H,2-3H3;2*1H;/q;;;;;+1/p-1. The van der Waals surface area contributed by atoms with Gasteiger partial charge in [-0.1, -0.05) is 0 Å². The molecule has 3 aliphatic carbocycles. The third-order valence-corrected chi connectivity index (χ3v) is 49.4. The van der Waals surface area contributed by atoms with Gasteiger partial charge in [0.2, 0.25) is 0 Å². The number of allylic oxidation sites excluding steroid dienone is 2. The molecule has 0 atom stereocenters. The summed E-state index contributed by atoms with van der Waals surface area (Å²) in [6.45, 7) is 20.1. The van der Waals surface area contributed by atoms with Gasteiger partial charge >= 0.3 is 297 Å². The quantitative estimate of drug-likeness (QED) is 0.204. The molecule has 0 bridgehead atoms. The Morgan fingerprint density at radius 3 is 1.23 bits per heavy atom. The third kappa shape index (κ3) is 6.02. The van der Waals surface area contributed by atoms with Crippen molar-refractivity contribution >= 4 is 45.3 Å². The maximum absolute atomic E-state index is 9.25. The molecule has 0 radical (unpaired) electrons. The van der Waals surface area contributed by atoms with E-state index in [0.717, 1.165) is 13.1 Å². The van der Waals surface area contributed by atoms with Gasteiger partial charge in [-0.25, -0.2) is 0 Å². The number of hydrogen-bond acceptors (Lipinski definition) is 2. The van der Waals surface area contributed by atoms with Crippen molar-refractivity contribution in [3.05, 3.63) is 69.3 Å². The van der Waals surface area contributed by atoms with Gasteiger partial charge in [-0.2, -0.15) is 0 Å². The number of halogens is 2. The van der Waals surface area contributed by atoms with Crippen molar-refractivity contribution < 1.29 is 10.2 Å². The van der Waals surface area contributed by atoms with E-state index in [1.165, 1.54) is 132 Å². The van der Waals surface area contributed by atoms with Gasteiger partial charge in [0.05, 0.1) is 0 Å². The van der Waals surface area contributed by atoms with Crippen LogP contribution in [0.3, 0.4) is 0 Å². The minimum atomic E-state index is -4.68. The van der Waals surface area contributed by atoms with Crippen molar-refractivity contribution in [2.45, 2.75) is 149 Å². The van der Waals surface area contributed by atoms with Gasteiger partial charge in [-0.3, -0.25) is 0 Å². The van der Waals surface area contributed by atoms with Gasteiger partial charge < -0.3 is 0 Å². The van der Waals surface area contributed by atoms with Crippen LogP contribution in [0, 0.1) is 41.5 Å². The van der Waals surface area contributed by atoms with Crippen molar-refractivity contribution in [1.29, 1.82) is 0 Å². The van der Waals surface area contributed by atoms with Gasteiger partial charge in [0, 0.05) is 0 Å². The van der Waals surface area contributed by atoms with Crippen LogP contribution < -0.4 is 9.80 Å². The van der Waals surface area contributed by atoms with Gasteiger partial charge in [0.25, 0.3) is 0 Å². The molecule has 1 saturated heterocycles. The van der Waals surface area contributed by atoms with Crippen LogP contribution in [0.4, 0.5) is 11.4 Å². The van der Waals surface area contributed by atoms with Crippen LogP contribution in [0.1, 0.15) is 124 Å². The number of nitrogens with zero attached hydrogens (tertiary/aromatic N) is 2. The van der Waals surface area contributed by atoms with E-state index in [4.69, 9.17) is 0 Å². The van der Waals surface area contributed by atoms with Crippen molar-refractivity contribution in [2.24, 2.45) is 0 Å². The van der Waals surface area contributed by atoms with E-state index in [0.29, 0.717) is 17.0 Å². The Morgan fingerprint density at radius 1 is 0.617 bits per heavy atom. The van der Waals surface area contributed by atoms with E-state index in [-0.39, 0.29) is 0 Å². The topological polar surface area (TPSA) is 6.48 Å². The molecule has 47 heavy (non-hydrogen) atoms. The molecule has 2 aromatic carbocycles. The molecular formula is C41H62Cl2N2PRu. The van der Waals surface area contributed by atoms with Gasteiger partial charge in [-0.05, 0) is 0 Å². The normalized spacial score (nSPS) is 21.5. The number of rotatable bonds is 7. The summed E-state index contributed by atoms with van der Waals surface area (Å²) < 4.78 is 3.92. The predicted molar refractivity (Wildman–Crippen MR) is 213 cm³/mol. The summed E-state index contributed by atoms with van der Waals surface area (Å²) in [6.07, 6.45) is 18.6. The molecule has 263 valence electrons. The van der Waals surface area contributed by atoms with Crippen LogP contribution in [0.2, 0.25) is 0 Å². The molecular weight excluding hydrogens is 723 g/mol. The summed E-state index contributed by atoms with van der Waals surface area (Å²) in [6, 6.07) is 9.51. The monoisotopic (exact) mass is 785 g/mol. The predicted octanol–water partition coefficient (Wildman–Crippen LogP) is 12.2. The van der Waals surface area contributed by atoms with E-state index < -0.39 is 15.8 Å². The molecule has 6 heteroatoms. The molecule has 0 spiro atoms. The van der Waals surface area contributed by atoms with E-state index >= 15 is 0 Å². The summed E-state index contributed by atoms with van der Waals surface area (Å²) in [5.41, 5.74) is 11.7. The first-order chi connectivity index (χ1) is 22.3. The van der Waals surface area contributed by atoms with Crippen LogP contribution in [-0.2, 0) is 10.2 Å². The Morgan fingerprint density at radius 2 is 0.936 bits per heavy atom. The van der Waals surface area contributed by atoms with Crippen LogP contribution in [0.15, 0.2) is 35.9 Å². The molecule has 1 aliphatic heterocycles. The molecule has 4 fully saturated rings. The maximum atomic E-state index is 9.25. The molecule has 2 nitrogen and oxygen atoms in total. The molecule has 2 aromatic rings. The van der Waals surface area contributed by atoms with Gasteiger partial charge in [-0.15, -0.1) is 0 Å². The zero-order valence-corrected chi connectivity index (χ0v) is 34.8. The Balaban J connectivity index is 1.85. The fourth-order valence-corrected chi connectivity index (χ4v) is 57.7. The first kappa shape index (κ1) is 36.0.